The number of fused-ring (bicyclic) bond motifs is 1. The normalized spacial score (nSPS) is 23.4. The predicted molar refractivity (Wildman–Crippen MR) is 82.6 cm³/mol. The molecule has 8 heteroatoms. The van der Waals surface area contributed by atoms with E-state index in [1.54, 1.807) is 6.07 Å². The summed E-state index contributed by atoms with van der Waals surface area (Å²) in [6.45, 7) is 1.57. The average molecular weight is 318 g/mol. The summed E-state index contributed by atoms with van der Waals surface area (Å²) in [5.74, 6) is -1.75. The lowest BCUT2D eigenvalue weighted by Crippen LogP contribution is -2.52. The third kappa shape index (κ3) is 3.72. The Kier molecular flexibility index (Phi) is 4.65. The molecule has 4 N–H and O–H groups in total. The fourth-order valence-corrected chi connectivity index (χ4v) is 3.04. The highest BCUT2D eigenvalue weighted by atomic mass is 16.5. The van der Waals surface area contributed by atoms with Crippen LogP contribution in [0, 0.1) is 0 Å². The number of benzene rings is 1. The highest BCUT2D eigenvalue weighted by Crippen LogP contribution is 2.20. The van der Waals surface area contributed by atoms with Crippen LogP contribution in [-0.2, 0) is 22.5 Å². The Morgan fingerprint density at radius 2 is 2.09 bits per heavy atom. The number of amides is 1. The number of aliphatic carboxylic acids is 1. The van der Waals surface area contributed by atoms with Crippen molar-refractivity contribution in [3.63, 3.8) is 0 Å². The van der Waals surface area contributed by atoms with Gasteiger partial charge in [0.15, 0.2) is 0 Å². The van der Waals surface area contributed by atoms with E-state index >= 15 is 0 Å². The van der Waals surface area contributed by atoms with Gasteiger partial charge in [0.2, 0.25) is 0 Å². The summed E-state index contributed by atoms with van der Waals surface area (Å²) in [5, 5.41) is 24.7. The van der Waals surface area contributed by atoms with Crippen LogP contribution in [0.15, 0.2) is 18.2 Å². The lowest BCUT2D eigenvalue weighted by atomic mass is 9.72. The largest absolute Gasteiger partial charge is 0.481 e. The number of hydrogen-bond acceptors (Lipinski definition) is 5. The maximum Gasteiger partial charge on any atom is 0.478 e. The molecule has 23 heavy (non-hydrogen) atoms. The molecule has 0 bridgehead atoms. The molecular formula is C15H19BN2O5. The number of carbonyl (C=O) groups excluding carboxylic acids is 1. The quantitative estimate of drug-likeness (QED) is 0.585. The minimum atomic E-state index is -1.19. The van der Waals surface area contributed by atoms with Gasteiger partial charge in [-0.15, -0.1) is 0 Å². The molecule has 3 rings (SSSR count). The molecule has 1 amide bonds. The Bertz CT molecular complexity index is 624. The second-order valence-electron chi connectivity index (χ2n) is 5.99. The first-order valence-corrected chi connectivity index (χ1v) is 7.71. The van der Waals surface area contributed by atoms with Gasteiger partial charge >= 0.3 is 13.1 Å². The molecule has 2 heterocycles. The van der Waals surface area contributed by atoms with Gasteiger partial charge < -0.3 is 25.4 Å². The van der Waals surface area contributed by atoms with Gasteiger partial charge in [-0.1, -0.05) is 6.07 Å². The minimum absolute atomic E-state index is 0.143. The van der Waals surface area contributed by atoms with Crippen LogP contribution >= 0.6 is 0 Å². The van der Waals surface area contributed by atoms with Crippen LogP contribution in [0.25, 0.3) is 0 Å². The summed E-state index contributed by atoms with van der Waals surface area (Å²) in [6.07, 6.45) is 0.316. The van der Waals surface area contributed by atoms with E-state index in [1.165, 1.54) is 5.56 Å². The molecule has 1 aromatic carbocycles. The molecule has 0 unspecified atom stereocenters. The Balaban J connectivity index is 1.59. The van der Waals surface area contributed by atoms with Crippen molar-refractivity contribution in [3.8, 4) is 0 Å². The first-order valence-electron chi connectivity index (χ1n) is 7.71. The van der Waals surface area contributed by atoms with Gasteiger partial charge in [-0.05, 0) is 36.1 Å². The molecule has 0 aromatic heterocycles. The molecule has 1 saturated heterocycles. The number of carbonyl (C=O) groups is 2. The third-order valence-electron chi connectivity index (χ3n) is 4.29. The predicted octanol–water partition coefficient (Wildman–Crippen LogP) is 0.0616. The van der Waals surface area contributed by atoms with Gasteiger partial charge in [0, 0.05) is 18.7 Å². The molecule has 2 aliphatic rings. The van der Waals surface area contributed by atoms with Gasteiger partial charge in [-0.25, -0.2) is 0 Å². The topological polar surface area (TPSA) is 108 Å². The fraction of sp³-hybridized carbons (Fsp3) is 0.467. The lowest BCUT2D eigenvalue weighted by Gasteiger charge is -2.30. The van der Waals surface area contributed by atoms with Crippen molar-refractivity contribution in [2.45, 2.75) is 44.4 Å². The third-order valence-corrected chi connectivity index (χ3v) is 4.29. The van der Waals surface area contributed by atoms with E-state index in [0.717, 1.165) is 18.7 Å². The molecule has 1 aromatic rings. The maximum absolute atomic E-state index is 12.3. The van der Waals surface area contributed by atoms with Crippen molar-refractivity contribution in [3.05, 3.63) is 34.9 Å². The summed E-state index contributed by atoms with van der Waals surface area (Å²) >= 11 is 0. The summed E-state index contributed by atoms with van der Waals surface area (Å²) in [7, 11) is -1.19. The van der Waals surface area contributed by atoms with Crippen molar-refractivity contribution in [1.82, 2.24) is 10.6 Å². The monoisotopic (exact) mass is 318 g/mol. The second kappa shape index (κ2) is 6.70. The van der Waals surface area contributed by atoms with Crippen molar-refractivity contribution in [2.75, 3.05) is 0 Å². The van der Waals surface area contributed by atoms with Crippen molar-refractivity contribution < 1.29 is 24.4 Å². The zero-order valence-corrected chi connectivity index (χ0v) is 12.6. The van der Waals surface area contributed by atoms with E-state index in [4.69, 9.17) is 9.76 Å². The van der Waals surface area contributed by atoms with Gasteiger partial charge in [0.1, 0.15) is 0 Å². The fourth-order valence-electron chi connectivity index (χ4n) is 3.04. The summed E-state index contributed by atoms with van der Waals surface area (Å²) < 4.78 is 5.27. The maximum atomic E-state index is 12.3. The minimum Gasteiger partial charge on any atom is -0.481 e. The van der Waals surface area contributed by atoms with E-state index < -0.39 is 25.1 Å². The van der Waals surface area contributed by atoms with Crippen LogP contribution < -0.4 is 10.6 Å². The number of nitrogens with one attached hydrogen (secondary N) is 2. The zero-order chi connectivity index (χ0) is 16.4. The first kappa shape index (κ1) is 16.0. The molecule has 2 atom stereocenters. The van der Waals surface area contributed by atoms with Crippen molar-refractivity contribution in [1.29, 1.82) is 0 Å². The van der Waals surface area contributed by atoms with E-state index in [2.05, 4.69) is 10.6 Å². The molecule has 0 saturated carbocycles. The Labute approximate surface area is 134 Å². The Morgan fingerprint density at radius 3 is 2.83 bits per heavy atom. The van der Waals surface area contributed by atoms with E-state index in [9.17, 15) is 14.6 Å². The zero-order valence-electron chi connectivity index (χ0n) is 12.6. The van der Waals surface area contributed by atoms with Crippen LogP contribution in [0.2, 0.25) is 0 Å². The Morgan fingerprint density at radius 1 is 1.30 bits per heavy atom. The Hall–Kier alpha value is -1.90. The van der Waals surface area contributed by atoms with Crippen molar-refractivity contribution >= 4 is 19.0 Å². The summed E-state index contributed by atoms with van der Waals surface area (Å²) in [4.78, 5) is 23.0. The number of hydrogen-bond donors (Lipinski definition) is 4. The average Bonchev–Trinajstić information content (AvgIpc) is 2.96. The molecule has 1 fully saturated rings. The van der Waals surface area contributed by atoms with E-state index in [0.29, 0.717) is 18.4 Å². The van der Waals surface area contributed by atoms with E-state index in [-0.39, 0.29) is 12.3 Å². The standard InChI is InChI=1S/C15H19BN2O5/c19-14(20)6-12-3-4-13(16(22)23-12)18-15(21)9-1-2-10-7-17-8-11(10)5-9/h1-2,5,12-13,17,22H,3-4,6-8H2,(H,18,21)(H,19,20)/t12-,13-/m0/s1. The second-order valence-corrected chi connectivity index (χ2v) is 5.99. The van der Waals surface area contributed by atoms with Crippen LogP contribution in [0.3, 0.4) is 0 Å². The molecule has 0 aliphatic carbocycles. The van der Waals surface area contributed by atoms with Gasteiger partial charge in [0.05, 0.1) is 18.5 Å². The van der Waals surface area contributed by atoms with E-state index in [1.807, 2.05) is 12.1 Å². The molecule has 0 radical (unpaired) electrons. The lowest BCUT2D eigenvalue weighted by molar-refractivity contribution is -0.139. The van der Waals surface area contributed by atoms with Crippen LogP contribution in [0.1, 0.15) is 40.7 Å². The number of carboxylic acids is 1. The smallest absolute Gasteiger partial charge is 0.478 e. The number of carboxylic acid groups (broad SMARTS) is 1. The molecule has 2 aliphatic heterocycles. The van der Waals surface area contributed by atoms with Gasteiger partial charge in [-0.2, -0.15) is 0 Å². The summed E-state index contributed by atoms with van der Waals surface area (Å²) in [5.41, 5.74) is 2.85. The highest BCUT2D eigenvalue weighted by molar-refractivity contribution is 6.45. The van der Waals surface area contributed by atoms with Gasteiger partial charge in [-0.3, -0.25) is 9.59 Å². The molecule has 7 nitrogen and oxygen atoms in total. The summed E-state index contributed by atoms with van der Waals surface area (Å²) in [6, 6.07) is 5.55. The van der Waals surface area contributed by atoms with Gasteiger partial charge in [0.25, 0.3) is 5.91 Å². The number of rotatable bonds is 4. The van der Waals surface area contributed by atoms with Crippen LogP contribution in [0.5, 0.6) is 0 Å². The van der Waals surface area contributed by atoms with Crippen molar-refractivity contribution in [2.24, 2.45) is 0 Å². The van der Waals surface area contributed by atoms with Crippen LogP contribution in [0.4, 0.5) is 0 Å². The highest BCUT2D eigenvalue weighted by Gasteiger charge is 2.36. The van der Waals surface area contributed by atoms with Crippen LogP contribution in [-0.4, -0.2) is 41.2 Å². The first-order chi connectivity index (χ1) is 11.0. The molecule has 122 valence electrons. The SMILES string of the molecule is O=C(O)C[C@@H]1CC[C@H](NC(=O)c2ccc3c(c2)CNC3)B(O)O1. The molecular weight excluding hydrogens is 299 g/mol. The molecule has 0 spiro atoms.